The third kappa shape index (κ3) is 4.50. The van der Waals surface area contributed by atoms with Crippen molar-refractivity contribution in [1.29, 1.82) is 0 Å². The van der Waals surface area contributed by atoms with Gasteiger partial charge in [0.2, 0.25) is 0 Å². The Balaban J connectivity index is 2.14. The summed E-state index contributed by atoms with van der Waals surface area (Å²) >= 11 is 0. The van der Waals surface area contributed by atoms with Crippen LogP contribution in [0, 0.1) is 11.3 Å². The SMILES string of the molecule is O=C(/C=C(\O)C1CCCCC1)C1(CC(F)(F)F)CCCCC1. The molecule has 0 aromatic carbocycles. The number of hydrogen-bond acceptors (Lipinski definition) is 2. The van der Waals surface area contributed by atoms with Gasteiger partial charge in [-0.1, -0.05) is 38.5 Å². The minimum absolute atomic E-state index is 0.00294. The Morgan fingerprint density at radius 1 is 1.05 bits per heavy atom. The molecule has 0 amide bonds. The summed E-state index contributed by atoms with van der Waals surface area (Å²) in [5.74, 6) is -0.575. The lowest BCUT2D eigenvalue weighted by Crippen LogP contribution is -2.37. The molecule has 2 saturated carbocycles. The molecule has 0 aromatic rings. The number of ketones is 1. The molecule has 2 aliphatic rings. The third-order valence-corrected chi connectivity index (χ3v) is 5.17. The van der Waals surface area contributed by atoms with Crippen molar-refractivity contribution < 1.29 is 23.1 Å². The van der Waals surface area contributed by atoms with E-state index >= 15 is 0 Å². The van der Waals surface area contributed by atoms with Crippen LogP contribution in [0.3, 0.4) is 0 Å². The average molecular weight is 318 g/mol. The van der Waals surface area contributed by atoms with Gasteiger partial charge in [-0.2, -0.15) is 13.2 Å². The molecule has 0 atom stereocenters. The topological polar surface area (TPSA) is 37.3 Å². The van der Waals surface area contributed by atoms with Crippen LogP contribution in [0.5, 0.6) is 0 Å². The van der Waals surface area contributed by atoms with Crippen LogP contribution in [0.25, 0.3) is 0 Å². The largest absolute Gasteiger partial charge is 0.512 e. The first-order valence-corrected chi connectivity index (χ1v) is 8.34. The van der Waals surface area contributed by atoms with Crippen LogP contribution in [0.2, 0.25) is 0 Å². The van der Waals surface area contributed by atoms with Gasteiger partial charge in [0.05, 0.1) is 12.2 Å². The van der Waals surface area contributed by atoms with E-state index in [0.29, 0.717) is 12.8 Å². The van der Waals surface area contributed by atoms with Gasteiger partial charge in [-0.25, -0.2) is 0 Å². The number of allylic oxidation sites excluding steroid dienone is 2. The second-order valence-corrected chi connectivity index (χ2v) is 6.90. The van der Waals surface area contributed by atoms with E-state index < -0.39 is 23.8 Å². The number of rotatable bonds is 4. The fourth-order valence-corrected chi connectivity index (χ4v) is 3.93. The van der Waals surface area contributed by atoms with E-state index in [2.05, 4.69) is 0 Å². The van der Waals surface area contributed by atoms with E-state index in [0.717, 1.165) is 44.6 Å². The molecule has 5 heteroatoms. The van der Waals surface area contributed by atoms with Crippen molar-refractivity contribution >= 4 is 5.78 Å². The summed E-state index contributed by atoms with van der Waals surface area (Å²) in [6.45, 7) is 0. The fourth-order valence-electron chi connectivity index (χ4n) is 3.93. The van der Waals surface area contributed by atoms with Gasteiger partial charge in [0.1, 0.15) is 0 Å². The number of carbonyl (C=O) groups is 1. The lowest BCUT2D eigenvalue weighted by molar-refractivity contribution is -0.169. The number of alkyl halides is 3. The molecule has 22 heavy (non-hydrogen) atoms. The first kappa shape index (κ1) is 17.4. The second-order valence-electron chi connectivity index (χ2n) is 6.90. The standard InChI is InChI=1S/C17H25F3O2/c18-17(19,20)12-16(9-5-2-6-10-16)15(22)11-14(21)13-7-3-1-4-8-13/h11,13,21H,1-10,12H2/b14-11-. The molecule has 0 aromatic heterocycles. The molecule has 2 fully saturated rings. The molecule has 2 nitrogen and oxygen atoms in total. The second kappa shape index (κ2) is 7.05. The minimum Gasteiger partial charge on any atom is -0.512 e. The highest BCUT2D eigenvalue weighted by molar-refractivity contribution is 5.95. The highest BCUT2D eigenvalue weighted by Gasteiger charge is 2.47. The van der Waals surface area contributed by atoms with Gasteiger partial charge in [0, 0.05) is 17.4 Å². The average Bonchev–Trinajstić information content (AvgIpc) is 2.47. The summed E-state index contributed by atoms with van der Waals surface area (Å²) < 4.78 is 38.7. The van der Waals surface area contributed by atoms with Crippen molar-refractivity contribution in [3.8, 4) is 0 Å². The Morgan fingerprint density at radius 3 is 2.14 bits per heavy atom. The zero-order chi connectivity index (χ0) is 16.2. The van der Waals surface area contributed by atoms with Crippen LogP contribution < -0.4 is 0 Å². The van der Waals surface area contributed by atoms with Gasteiger partial charge in [-0.05, 0) is 25.7 Å². The highest BCUT2D eigenvalue weighted by Crippen LogP contribution is 2.46. The van der Waals surface area contributed by atoms with E-state index in [1.807, 2.05) is 0 Å². The monoisotopic (exact) mass is 318 g/mol. The predicted molar refractivity (Wildman–Crippen MR) is 78.5 cm³/mol. The Hall–Kier alpha value is -1.00. The highest BCUT2D eigenvalue weighted by atomic mass is 19.4. The van der Waals surface area contributed by atoms with Crippen LogP contribution >= 0.6 is 0 Å². The Kier molecular flexibility index (Phi) is 5.56. The van der Waals surface area contributed by atoms with Gasteiger partial charge in [-0.15, -0.1) is 0 Å². The fraction of sp³-hybridized carbons (Fsp3) is 0.824. The third-order valence-electron chi connectivity index (χ3n) is 5.17. The van der Waals surface area contributed by atoms with E-state index in [1.54, 1.807) is 0 Å². The number of halogens is 3. The maximum Gasteiger partial charge on any atom is 0.390 e. The first-order valence-electron chi connectivity index (χ1n) is 8.34. The molecule has 0 radical (unpaired) electrons. The van der Waals surface area contributed by atoms with Gasteiger partial charge in [0.15, 0.2) is 5.78 Å². The molecule has 0 spiro atoms. The molecule has 1 N–H and O–H groups in total. The summed E-state index contributed by atoms with van der Waals surface area (Å²) in [5, 5.41) is 10.1. The Bertz CT molecular complexity index is 414. The zero-order valence-electron chi connectivity index (χ0n) is 12.9. The molecule has 0 bridgehead atoms. The van der Waals surface area contributed by atoms with Crippen LogP contribution in [-0.2, 0) is 4.79 Å². The predicted octanol–water partition coefficient (Wildman–Crippen LogP) is 5.48. The van der Waals surface area contributed by atoms with Crippen molar-refractivity contribution in [1.82, 2.24) is 0 Å². The summed E-state index contributed by atoms with van der Waals surface area (Å²) in [6, 6.07) is 0. The summed E-state index contributed by atoms with van der Waals surface area (Å²) in [4.78, 5) is 12.5. The van der Waals surface area contributed by atoms with E-state index in [1.165, 1.54) is 0 Å². The lowest BCUT2D eigenvalue weighted by Gasteiger charge is -2.36. The molecule has 2 rings (SSSR count). The number of aliphatic hydroxyl groups is 1. The smallest absolute Gasteiger partial charge is 0.390 e. The summed E-state index contributed by atoms with van der Waals surface area (Å²) in [7, 11) is 0. The van der Waals surface area contributed by atoms with Crippen molar-refractivity contribution in [3.05, 3.63) is 11.8 Å². The van der Waals surface area contributed by atoms with Crippen LogP contribution in [0.15, 0.2) is 11.8 Å². The zero-order valence-corrected chi connectivity index (χ0v) is 12.9. The van der Waals surface area contributed by atoms with E-state index in [9.17, 15) is 23.1 Å². The van der Waals surface area contributed by atoms with Crippen molar-refractivity contribution in [2.75, 3.05) is 0 Å². The van der Waals surface area contributed by atoms with Gasteiger partial charge >= 0.3 is 6.18 Å². The first-order chi connectivity index (χ1) is 10.3. The van der Waals surface area contributed by atoms with Crippen LogP contribution in [0.1, 0.15) is 70.6 Å². The van der Waals surface area contributed by atoms with Crippen molar-refractivity contribution in [2.45, 2.75) is 76.8 Å². The normalized spacial score (nSPS) is 24.2. The van der Waals surface area contributed by atoms with Crippen molar-refractivity contribution in [3.63, 3.8) is 0 Å². The summed E-state index contributed by atoms with van der Waals surface area (Å²) in [5.41, 5.74) is -1.35. The molecule has 0 heterocycles. The molecule has 0 aliphatic heterocycles. The van der Waals surface area contributed by atoms with Crippen LogP contribution in [0.4, 0.5) is 13.2 Å². The maximum absolute atomic E-state index is 12.9. The maximum atomic E-state index is 12.9. The van der Waals surface area contributed by atoms with Crippen molar-refractivity contribution in [2.24, 2.45) is 11.3 Å². The van der Waals surface area contributed by atoms with Gasteiger partial charge in [0.25, 0.3) is 0 Å². The Morgan fingerprint density at radius 2 is 1.59 bits per heavy atom. The summed E-state index contributed by atoms with van der Waals surface area (Å²) in [6.07, 6.45) is 3.22. The van der Waals surface area contributed by atoms with E-state index in [-0.39, 0.29) is 24.5 Å². The minimum atomic E-state index is -4.35. The van der Waals surface area contributed by atoms with Crippen LogP contribution in [-0.4, -0.2) is 17.1 Å². The molecular formula is C17H25F3O2. The number of carbonyl (C=O) groups excluding carboxylic acids is 1. The molecule has 0 saturated heterocycles. The molecule has 2 aliphatic carbocycles. The molecular weight excluding hydrogens is 293 g/mol. The molecule has 0 unspecified atom stereocenters. The number of aliphatic hydroxyl groups excluding tert-OH is 1. The van der Waals surface area contributed by atoms with Gasteiger partial charge in [-0.3, -0.25) is 4.79 Å². The molecule has 126 valence electrons. The lowest BCUT2D eigenvalue weighted by atomic mass is 9.68. The number of hydrogen-bond donors (Lipinski definition) is 1. The Labute approximate surface area is 129 Å². The van der Waals surface area contributed by atoms with Gasteiger partial charge < -0.3 is 5.11 Å². The quantitative estimate of drug-likeness (QED) is 0.550. The van der Waals surface area contributed by atoms with E-state index in [4.69, 9.17) is 0 Å².